The normalized spacial score (nSPS) is 13.9. The van der Waals surface area contributed by atoms with Crippen molar-refractivity contribution < 1.29 is 14.7 Å². The molecule has 2 N–H and O–H groups in total. The van der Waals surface area contributed by atoms with Crippen LogP contribution in [0.4, 0.5) is 0 Å². The number of hydrogen-bond donors (Lipinski definition) is 2. The van der Waals surface area contributed by atoms with Gasteiger partial charge in [0.1, 0.15) is 0 Å². The molecule has 1 aliphatic heterocycles. The van der Waals surface area contributed by atoms with Crippen molar-refractivity contribution in [3.8, 4) is 0 Å². The zero-order chi connectivity index (χ0) is 21.8. The van der Waals surface area contributed by atoms with Gasteiger partial charge in [-0.15, -0.1) is 0 Å². The lowest BCUT2D eigenvalue weighted by Crippen LogP contribution is -2.30. The minimum absolute atomic E-state index is 0.0504. The van der Waals surface area contributed by atoms with Gasteiger partial charge in [0.25, 0.3) is 11.8 Å². The summed E-state index contributed by atoms with van der Waals surface area (Å²) < 4.78 is 0. The lowest BCUT2D eigenvalue weighted by molar-refractivity contribution is -0.128. The fourth-order valence-corrected chi connectivity index (χ4v) is 3.70. The molecule has 0 spiro atoms. The van der Waals surface area contributed by atoms with Crippen LogP contribution < -0.4 is 5.32 Å². The minimum atomic E-state index is -0.562. The molecule has 0 atom stereocenters. The molecule has 158 valence electrons. The number of rotatable bonds is 7. The number of aryl methyl sites for hydroxylation is 2. The van der Waals surface area contributed by atoms with Crippen LogP contribution in [0.1, 0.15) is 23.1 Å². The number of carbonyl (C=O) groups is 2. The van der Waals surface area contributed by atoms with E-state index < -0.39 is 17.6 Å². The number of nitrogens with one attached hydrogen (secondary N) is 1. The van der Waals surface area contributed by atoms with Crippen LogP contribution in [-0.4, -0.2) is 34.9 Å². The van der Waals surface area contributed by atoms with Gasteiger partial charge in [0.2, 0.25) is 0 Å². The Balaban J connectivity index is 1.52. The van der Waals surface area contributed by atoms with Crippen molar-refractivity contribution in [3.05, 3.63) is 79.5 Å². The summed E-state index contributed by atoms with van der Waals surface area (Å²) in [6.45, 7) is 2.61. The summed E-state index contributed by atoms with van der Waals surface area (Å²) in [6, 6.07) is 10.9. The van der Waals surface area contributed by atoms with Gasteiger partial charge in [0.15, 0.2) is 5.76 Å². The largest absolute Gasteiger partial charge is 0.503 e. The van der Waals surface area contributed by atoms with Crippen LogP contribution in [0.15, 0.2) is 47.7 Å². The van der Waals surface area contributed by atoms with Crippen molar-refractivity contribution in [1.29, 1.82) is 0 Å². The fraction of sp³-hybridized carbons (Fsp3) is 0.273. The summed E-state index contributed by atoms with van der Waals surface area (Å²) >= 11 is 18.0. The third-order valence-corrected chi connectivity index (χ3v) is 6.07. The topological polar surface area (TPSA) is 69.6 Å². The lowest BCUT2D eigenvalue weighted by atomic mass is 10.1. The number of hydrogen-bond acceptors (Lipinski definition) is 3. The number of amides is 2. The van der Waals surface area contributed by atoms with Gasteiger partial charge >= 0.3 is 0 Å². The third kappa shape index (κ3) is 5.28. The van der Waals surface area contributed by atoms with Gasteiger partial charge in [-0.3, -0.25) is 9.59 Å². The average molecular weight is 468 g/mol. The highest BCUT2D eigenvalue weighted by atomic mass is 35.5. The minimum Gasteiger partial charge on any atom is -0.503 e. The molecule has 1 aliphatic rings. The van der Waals surface area contributed by atoms with Crippen LogP contribution in [0.3, 0.4) is 0 Å². The second kappa shape index (κ2) is 9.73. The molecule has 5 nitrogen and oxygen atoms in total. The van der Waals surface area contributed by atoms with E-state index in [4.69, 9.17) is 34.8 Å². The molecule has 30 heavy (non-hydrogen) atoms. The lowest BCUT2D eigenvalue weighted by Gasteiger charge is -2.16. The van der Waals surface area contributed by atoms with Crippen LogP contribution in [0.5, 0.6) is 0 Å². The zero-order valence-corrected chi connectivity index (χ0v) is 18.6. The molecule has 0 fully saturated rings. The quantitative estimate of drug-likeness (QED) is 0.571. The maximum Gasteiger partial charge on any atom is 0.289 e. The van der Waals surface area contributed by atoms with Gasteiger partial charge in [0, 0.05) is 18.1 Å². The van der Waals surface area contributed by atoms with E-state index in [1.165, 1.54) is 4.90 Å². The summed E-state index contributed by atoms with van der Waals surface area (Å²) in [5.74, 6) is -1.51. The molecule has 8 heteroatoms. The number of aliphatic hydroxyl groups excluding tert-OH is 1. The second-order valence-corrected chi connectivity index (χ2v) is 8.40. The Labute approximate surface area is 190 Å². The number of halogens is 3. The van der Waals surface area contributed by atoms with E-state index in [0.717, 1.165) is 16.7 Å². The van der Waals surface area contributed by atoms with E-state index in [1.54, 1.807) is 18.2 Å². The Kier molecular flexibility index (Phi) is 7.29. The van der Waals surface area contributed by atoms with Crippen LogP contribution in [0, 0.1) is 6.92 Å². The first-order chi connectivity index (χ1) is 14.3. The first kappa shape index (κ1) is 22.5. The average Bonchev–Trinajstić information content (AvgIpc) is 2.99. The summed E-state index contributed by atoms with van der Waals surface area (Å²) in [7, 11) is 0. The van der Waals surface area contributed by atoms with Crippen LogP contribution >= 0.6 is 34.8 Å². The van der Waals surface area contributed by atoms with Gasteiger partial charge < -0.3 is 15.3 Å². The van der Waals surface area contributed by atoms with Gasteiger partial charge in [0.05, 0.1) is 22.2 Å². The second-order valence-electron chi connectivity index (χ2n) is 7.18. The van der Waals surface area contributed by atoms with E-state index in [1.807, 2.05) is 25.1 Å². The van der Waals surface area contributed by atoms with Gasteiger partial charge in [-0.2, -0.15) is 0 Å². The van der Waals surface area contributed by atoms with Crippen LogP contribution in [-0.2, 0) is 22.6 Å². The molecule has 2 amide bonds. The monoisotopic (exact) mass is 466 g/mol. The van der Waals surface area contributed by atoms with Gasteiger partial charge in [-0.1, -0.05) is 53.0 Å². The third-order valence-electron chi connectivity index (χ3n) is 4.92. The molecule has 2 aromatic carbocycles. The predicted octanol–water partition coefficient (Wildman–Crippen LogP) is 4.86. The highest BCUT2D eigenvalue weighted by molar-refractivity contribution is 6.42. The van der Waals surface area contributed by atoms with Crippen molar-refractivity contribution in [2.75, 3.05) is 13.1 Å². The molecular weight excluding hydrogens is 447 g/mol. The Morgan fingerprint density at radius 1 is 1.07 bits per heavy atom. The summed E-state index contributed by atoms with van der Waals surface area (Å²) in [6.07, 6.45) is 1.39. The number of aliphatic hydroxyl groups is 1. The van der Waals surface area contributed by atoms with E-state index in [-0.39, 0.29) is 18.7 Å². The molecule has 2 aromatic rings. The fourth-order valence-electron chi connectivity index (χ4n) is 3.17. The Bertz CT molecular complexity index is 1020. The molecule has 3 rings (SSSR count). The van der Waals surface area contributed by atoms with E-state index in [9.17, 15) is 14.7 Å². The Morgan fingerprint density at radius 3 is 2.47 bits per heavy atom. The maximum absolute atomic E-state index is 12.4. The van der Waals surface area contributed by atoms with Crippen molar-refractivity contribution in [2.24, 2.45) is 0 Å². The molecule has 0 aliphatic carbocycles. The first-order valence-electron chi connectivity index (χ1n) is 9.45. The highest BCUT2D eigenvalue weighted by Crippen LogP contribution is 2.24. The summed E-state index contributed by atoms with van der Waals surface area (Å²) in [5.41, 5.74) is 2.86. The van der Waals surface area contributed by atoms with E-state index in [2.05, 4.69) is 5.32 Å². The number of nitrogens with zero attached hydrogens (tertiary/aromatic N) is 1. The van der Waals surface area contributed by atoms with E-state index >= 15 is 0 Å². The first-order valence-corrected chi connectivity index (χ1v) is 10.6. The maximum atomic E-state index is 12.4. The molecule has 0 saturated heterocycles. The van der Waals surface area contributed by atoms with E-state index in [0.29, 0.717) is 34.5 Å². The van der Waals surface area contributed by atoms with Crippen LogP contribution in [0.25, 0.3) is 0 Å². The molecule has 0 bridgehead atoms. The van der Waals surface area contributed by atoms with Crippen LogP contribution in [0.2, 0.25) is 15.1 Å². The highest BCUT2D eigenvalue weighted by Gasteiger charge is 2.33. The summed E-state index contributed by atoms with van der Waals surface area (Å²) in [4.78, 5) is 26.2. The molecule has 0 radical (unpaired) electrons. The smallest absolute Gasteiger partial charge is 0.289 e. The standard InChI is InChI=1S/C22H21Cl3N2O3/c1-13-4-5-15(10-18(13)24)11-27-12-16(20(28)22(27)30)21(29)26-8-2-3-14-6-7-17(23)19(25)9-14/h4-7,9-10,28H,2-3,8,11-12H2,1H3,(H,26,29). The Hall–Kier alpha value is -2.21. The Morgan fingerprint density at radius 2 is 1.77 bits per heavy atom. The predicted molar refractivity (Wildman–Crippen MR) is 119 cm³/mol. The molecule has 0 aromatic heterocycles. The molecule has 1 heterocycles. The summed E-state index contributed by atoms with van der Waals surface area (Å²) in [5, 5.41) is 14.5. The molecule has 0 saturated carbocycles. The van der Waals surface area contributed by atoms with Crippen molar-refractivity contribution in [2.45, 2.75) is 26.3 Å². The number of benzene rings is 2. The van der Waals surface area contributed by atoms with Crippen molar-refractivity contribution in [3.63, 3.8) is 0 Å². The van der Waals surface area contributed by atoms with Crippen molar-refractivity contribution >= 4 is 46.6 Å². The van der Waals surface area contributed by atoms with Crippen molar-refractivity contribution in [1.82, 2.24) is 10.2 Å². The zero-order valence-electron chi connectivity index (χ0n) is 16.3. The SMILES string of the molecule is Cc1ccc(CN2CC(C(=O)NCCCc3ccc(Cl)c(Cl)c3)=C(O)C2=O)cc1Cl. The molecular formula is C22H21Cl3N2O3. The van der Waals surface area contributed by atoms with Gasteiger partial charge in [-0.25, -0.2) is 0 Å². The van der Waals surface area contributed by atoms with Gasteiger partial charge in [-0.05, 0) is 54.7 Å². The number of carbonyl (C=O) groups excluding carboxylic acids is 2. The molecule has 0 unspecified atom stereocenters.